The Morgan fingerprint density at radius 1 is 1.18 bits per heavy atom. The zero-order valence-corrected chi connectivity index (χ0v) is 7.59. The third kappa shape index (κ3) is 1.74. The normalized spacial score (nSPS) is 35.4. The van der Waals surface area contributed by atoms with Crippen LogP contribution in [0.25, 0.3) is 0 Å². The average Bonchev–Trinajstić information content (AvgIpc) is 2.60. The molecule has 62 valence electrons. The first-order valence-corrected chi connectivity index (χ1v) is 4.45. The van der Waals surface area contributed by atoms with Gasteiger partial charge < -0.3 is 0 Å². The standard InChI is InChI=1S/C11H18/c1-5-9-10(6-2)11(9)7-8(3)4/h5-6,8-11H,1-2,7H2,3-4H3. The second-order valence-electron chi connectivity index (χ2n) is 3.92. The fourth-order valence-corrected chi connectivity index (χ4v) is 1.95. The molecule has 11 heavy (non-hydrogen) atoms. The van der Waals surface area contributed by atoms with Gasteiger partial charge >= 0.3 is 0 Å². The van der Waals surface area contributed by atoms with Gasteiger partial charge in [-0.3, -0.25) is 0 Å². The van der Waals surface area contributed by atoms with Crippen LogP contribution in [0.3, 0.4) is 0 Å². The number of rotatable bonds is 4. The Morgan fingerprint density at radius 2 is 1.64 bits per heavy atom. The lowest BCUT2D eigenvalue weighted by Crippen LogP contribution is -1.90. The van der Waals surface area contributed by atoms with Crippen LogP contribution in [0.2, 0.25) is 0 Å². The van der Waals surface area contributed by atoms with Crippen LogP contribution < -0.4 is 0 Å². The van der Waals surface area contributed by atoms with Crippen LogP contribution >= 0.6 is 0 Å². The summed E-state index contributed by atoms with van der Waals surface area (Å²) in [5, 5.41) is 0. The minimum absolute atomic E-state index is 0.731. The Balaban J connectivity index is 2.38. The second kappa shape index (κ2) is 3.25. The van der Waals surface area contributed by atoms with Gasteiger partial charge in [0.05, 0.1) is 0 Å². The monoisotopic (exact) mass is 150 g/mol. The van der Waals surface area contributed by atoms with E-state index in [1.807, 2.05) is 0 Å². The zero-order chi connectivity index (χ0) is 8.43. The highest BCUT2D eigenvalue weighted by Gasteiger charge is 2.45. The first-order valence-electron chi connectivity index (χ1n) is 4.45. The molecule has 0 aromatic rings. The van der Waals surface area contributed by atoms with Crippen LogP contribution in [-0.4, -0.2) is 0 Å². The third-order valence-electron chi connectivity index (χ3n) is 2.58. The second-order valence-corrected chi connectivity index (χ2v) is 3.92. The Bertz CT molecular complexity index is 141. The van der Waals surface area contributed by atoms with Crippen molar-refractivity contribution in [2.24, 2.45) is 23.7 Å². The van der Waals surface area contributed by atoms with Crippen molar-refractivity contribution in [2.75, 3.05) is 0 Å². The van der Waals surface area contributed by atoms with E-state index in [1.165, 1.54) is 6.42 Å². The van der Waals surface area contributed by atoms with Gasteiger partial charge in [-0.2, -0.15) is 0 Å². The maximum Gasteiger partial charge on any atom is -0.0136 e. The highest BCUT2D eigenvalue weighted by molar-refractivity contribution is 5.12. The quantitative estimate of drug-likeness (QED) is 0.539. The fourth-order valence-electron chi connectivity index (χ4n) is 1.95. The summed E-state index contributed by atoms with van der Waals surface area (Å²) in [4.78, 5) is 0. The van der Waals surface area contributed by atoms with Crippen LogP contribution in [0, 0.1) is 23.7 Å². The summed E-state index contributed by atoms with van der Waals surface area (Å²) in [6.07, 6.45) is 5.49. The highest BCUT2D eigenvalue weighted by Crippen LogP contribution is 2.51. The molecule has 0 spiro atoms. The molecule has 0 radical (unpaired) electrons. The summed E-state index contributed by atoms with van der Waals surface area (Å²) in [6, 6.07) is 0. The van der Waals surface area contributed by atoms with Crippen molar-refractivity contribution in [1.29, 1.82) is 0 Å². The molecule has 1 fully saturated rings. The van der Waals surface area contributed by atoms with E-state index < -0.39 is 0 Å². The Hall–Kier alpha value is -0.520. The van der Waals surface area contributed by atoms with E-state index in [2.05, 4.69) is 39.2 Å². The Morgan fingerprint density at radius 3 is 1.91 bits per heavy atom. The van der Waals surface area contributed by atoms with Gasteiger partial charge in [0.25, 0.3) is 0 Å². The molecule has 0 aromatic heterocycles. The molecule has 0 aromatic carbocycles. The molecule has 0 nitrogen and oxygen atoms in total. The van der Waals surface area contributed by atoms with Crippen molar-refractivity contribution in [1.82, 2.24) is 0 Å². The van der Waals surface area contributed by atoms with Crippen LogP contribution in [0.5, 0.6) is 0 Å². The van der Waals surface area contributed by atoms with Crippen LogP contribution in [0.1, 0.15) is 20.3 Å². The third-order valence-corrected chi connectivity index (χ3v) is 2.58. The molecular weight excluding hydrogens is 132 g/mol. The summed E-state index contributed by atoms with van der Waals surface area (Å²) in [7, 11) is 0. The molecule has 0 bridgehead atoms. The zero-order valence-electron chi connectivity index (χ0n) is 7.59. The molecule has 0 heterocycles. The van der Waals surface area contributed by atoms with Gasteiger partial charge in [-0.1, -0.05) is 26.0 Å². The molecule has 0 heteroatoms. The SMILES string of the molecule is C=CC1C(C=C)C1CC(C)C. The number of hydrogen-bond acceptors (Lipinski definition) is 0. The summed E-state index contributed by atoms with van der Waals surface area (Å²) < 4.78 is 0. The van der Waals surface area contributed by atoms with Crippen molar-refractivity contribution in [3.05, 3.63) is 25.3 Å². The molecular formula is C11H18. The first-order chi connectivity index (χ1) is 5.20. The van der Waals surface area contributed by atoms with E-state index in [4.69, 9.17) is 0 Å². The van der Waals surface area contributed by atoms with Gasteiger partial charge in [0, 0.05) is 0 Å². The lowest BCUT2D eigenvalue weighted by atomic mass is 10.1. The van der Waals surface area contributed by atoms with Gasteiger partial charge in [-0.05, 0) is 30.1 Å². The maximum atomic E-state index is 3.83. The highest BCUT2D eigenvalue weighted by atomic mass is 14.5. The fraction of sp³-hybridized carbons (Fsp3) is 0.636. The molecule has 2 atom stereocenters. The molecule has 1 aliphatic carbocycles. The predicted octanol–water partition coefficient (Wildman–Crippen LogP) is 3.27. The van der Waals surface area contributed by atoms with E-state index >= 15 is 0 Å². The van der Waals surface area contributed by atoms with Crippen molar-refractivity contribution < 1.29 is 0 Å². The van der Waals surface area contributed by atoms with Crippen LogP contribution in [0.15, 0.2) is 25.3 Å². The molecule has 1 rings (SSSR count). The molecule has 0 aliphatic heterocycles. The van der Waals surface area contributed by atoms with E-state index in [0.29, 0.717) is 0 Å². The van der Waals surface area contributed by atoms with Gasteiger partial charge in [0.1, 0.15) is 0 Å². The predicted molar refractivity (Wildman–Crippen MR) is 50.3 cm³/mol. The smallest absolute Gasteiger partial charge is 0.0136 e. The molecule has 0 saturated heterocycles. The topological polar surface area (TPSA) is 0 Å². The Kier molecular flexibility index (Phi) is 2.53. The largest absolute Gasteiger partial charge is 0.103 e. The van der Waals surface area contributed by atoms with Crippen molar-refractivity contribution in [3.8, 4) is 0 Å². The number of hydrogen-bond donors (Lipinski definition) is 0. The minimum Gasteiger partial charge on any atom is -0.103 e. The van der Waals surface area contributed by atoms with Crippen molar-refractivity contribution in [2.45, 2.75) is 20.3 Å². The van der Waals surface area contributed by atoms with Gasteiger partial charge in [-0.15, -0.1) is 13.2 Å². The van der Waals surface area contributed by atoms with Crippen molar-refractivity contribution in [3.63, 3.8) is 0 Å². The molecule has 1 saturated carbocycles. The van der Waals surface area contributed by atoms with Crippen LogP contribution in [0.4, 0.5) is 0 Å². The maximum absolute atomic E-state index is 3.83. The first kappa shape index (κ1) is 8.58. The van der Waals surface area contributed by atoms with E-state index in [9.17, 15) is 0 Å². The number of allylic oxidation sites excluding steroid dienone is 2. The summed E-state index contributed by atoms with van der Waals surface area (Å²) in [5.74, 6) is 3.13. The molecule has 1 aliphatic rings. The van der Waals surface area contributed by atoms with E-state index in [-0.39, 0.29) is 0 Å². The Labute approximate surface area is 70.0 Å². The lowest BCUT2D eigenvalue weighted by Gasteiger charge is -2.00. The van der Waals surface area contributed by atoms with Crippen LogP contribution in [-0.2, 0) is 0 Å². The molecule has 2 unspecified atom stereocenters. The van der Waals surface area contributed by atoms with Gasteiger partial charge in [0.15, 0.2) is 0 Å². The van der Waals surface area contributed by atoms with Crippen molar-refractivity contribution >= 4 is 0 Å². The summed E-state index contributed by atoms with van der Waals surface area (Å²) in [5.41, 5.74) is 0. The average molecular weight is 150 g/mol. The summed E-state index contributed by atoms with van der Waals surface area (Å²) in [6.45, 7) is 12.2. The van der Waals surface area contributed by atoms with E-state index in [0.717, 1.165) is 23.7 Å². The minimum atomic E-state index is 0.731. The van der Waals surface area contributed by atoms with Gasteiger partial charge in [-0.25, -0.2) is 0 Å². The summed E-state index contributed by atoms with van der Waals surface area (Å²) >= 11 is 0. The lowest BCUT2D eigenvalue weighted by molar-refractivity contribution is 0.519. The van der Waals surface area contributed by atoms with E-state index in [1.54, 1.807) is 0 Å². The molecule has 0 N–H and O–H groups in total. The molecule has 0 amide bonds. The van der Waals surface area contributed by atoms with Gasteiger partial charge in [0.2, 0.25) is 0 Å².